The van der Waals surface area contributed by atoms with Crippen molar-refractivity contribution in [1.82, 2.24) is 15.2 Å². The molecule has 0 saturated heterocycles. The molecule has 0 bridgehead atoms. The number of nitriles is 1. The van der Waals surface area contributed by atoms with Crippen LogP contribution in [0.1, 0.15) is 28.9 Å². The van der Waals surface area contributed by atoms with Gasteiger partial charge in [-0.25, -0.2) is 9.37 Å². The average Bonchev–Trinajstić information content (AvgIpc) is 2.90. The van der Waals surface area contributed by atoms with Gasteiger partial charge in [0.1, 0.15) is 11.6 Å². The Morgan fingerprint density at radius 3 is 2.95 bits per heavy atom. The lowest BCUT2D eigenvalue weighted by molar-refractivity contribution is 0.101. The van der Waals surface area contributed by atoms with Crippen molar-refractivity contribution in [3.63, 3.8) is 0 Å². The van der Waals surface area contributed by atoms with Gasteiger partial charge >= 0.3 is 0 Å². The number of carbonyl (C=O) groups excluding carboxylic acids is 1. The molecule has 0 unspecified atom stereocenters. The Bertz CT molecular complexity index is 658. The van der Waals surface area contributed by atoms with Gasteiger partial charge in [-0.05, 0) is 18.2 Å². The normalized spacial score (nSPS) is 9.95. The molecule has 0 radical (unpaired) electrons. The lowest BCUT2D eigenvalue weighted by Gasteiger charge is -2.03. The highest BCUT2D eigenvalue weighted by Gasteiger charge is 2.14. The van der Waals surface area contributed by atoms with Crippen molar-refractivity contribution >= 4 is 11.6 Å². The van der Waals surface area contributed by atoms with Gasteiger partial charge in [-0.2, -0.15) is 5.26 Å². The molecule has 96 valence electrons. The highest BCUT2D eigenvalue weighted by molar-refractivity contribution is 6.01. The second-order valence-corrected chi connectivity index (χ2v) is 3.72. The minimum atomic E-state index is -0.682. The number of halogens is 1. The fraction of sp³-hybridized carbons (Fsp3) is 0.167. The molecule has 6 nitrogen and oxygen atoms in total. The topological polar surface area (TPSA) is 94.5 Å². The Hall–Kier alpha value is -2.75. The summed E-state index contributed by atoms with van der Waals surface area (Å²) in [7, 11) is 0. The molecule has 2 aromatic rings. The van der Waals surface area contributed by atoms with Gasteiger partial charge in [-0.15, -0.1) is 5.10 Å². The predicted octanol–water partition coefficient (Wildman–Crippen LogP) is 1.63. The van der Waals surface area contributed by atoms with Crippen molar-refractivity contribution in [2.45, 2.75) is 13.3 Å². The van der Waals surface area contributed by atoms with E-state index in [9.17, 15) is 9.18 Å². The number of hydrogen-bond donors (Lipinski definition) is 2. The average molecular weight is 259 g/mol. The Morgan fingerprint density at radius 2 is 2.37 bits per heavy atom. The van der Waals surface area contributed by atoms with Gasteiger partial charge in [0, 0.05) is 6.42 Å². The van der Waals surface area contributed by atoms with E-state index >= 15 is 0 Å². The van der Waals surface area contributed by atoms with Crippen LogP contribution in [-0.2, 0) is 6.42 Å². The smallest absolute Gasteiger partial charge is 0.295 e. The summed E-state index contributed by atoms with van der Waals surface area (Å²) < 4.78 is 13.6. The fourth-order valence-electron chi connectivity index (χ4n) is 1.42. The van der Waals surface area contributed by atoms with E-state index in [1.807, 2.05) is 13.0 Å². The third-order valence-electron chi connectivity index (χ3n) is 2.42. The van der Waals surface area contributed by atoms with E-state index in [1.165, 1.54) is 12.1 Å². The largest absolute Gasteiger partial charge is 0.317 e. The van der Waals surface area contributed by atoms with Gasteiger partial charge in [0.15, 0.2) is 0 Å². The monoisotopic (exact) mass is 259 g/mol. The van der Waals surface area contributed by atoms with Crippen LogP contribution in [0.3, 0.4) is 0 Å². The van der Waals surface area contributed by atoms with Crippen LogP contribution >= 0.6 is 0 Å². The second-order valence-electron chi connectivity index (χ2n) is 3.72. The molecule has 2 N–H and O–H groups in total. The maximum atomic E-state index is 13.6. The van der Waals surface area contributed by atoms with E-state index in [1.54, 1.807) is 0 Å². The third-order valence-corrected chi connectivity index (χ3v) is 2.42. The number of aromatic amines is 1. The highest BCUT2D eigenvalue weighted by atomic mass is 19.1. The van der Waals surface area contributed by atoms with Crippen LogP contribution in [0.5, 0.6) is 0 Å². The number of anilines is 1. The van der Waals surface area contributed by atoms with Crippen LogP contribution in [0.4, 0.5) is 10.1 Å². The van der Waals surface area contributed by atoms with Crippen molar-refractivity contribution < 1.29 is 9.18 Å². The maximum absolute atomic E-state index is 13.6. The zero-order chi connectivity index (χ0) is 13.8. The molecule has 0 spiro atoms. The quantitative estimate of drug-likeness (QED) is 0.875. The summed E-state index contributed by atoms with van der Waals surface area (Å²) in [5.74, 6) is -0.774. The standard InChI is InChI=1S/C12H10FN5O/c1-2-10-16-11(18-17-10)12(19)15-9-4-3-7(6-14)5-8(9)13/h3-5H,2H2,1H3,(H,15,19)(H,16,17,18). The van der Waals surface area contributed by atoms with E-state index in [0.717, 1.165) is 6.07 Å². The number of benzene rings is 1. The maximum Gasteiger partial charge on any atom is 0.295 e. The van der Waals surface area contributed by atoms with E-state index in [4.69, 9.17) is 5.26 Å². The minimum Gasteiger partial charge on any atom is -0.317 e. The van der Waals surface area contributed by atoms with Gasteiger partial charge in [0.05, 0.1) is 17.3 Å². The van der Waals surface area contributed by atoms with E-state index in [-0.39, 0.29) is 17.1 Å². The highest BCUT2D eigenvalue weighted by Crippen LogP contribution is 2.15. The minimum absolute atomic E-state index is 0.0214. The number of H-pyrrole nitrogens is 1. The first-order chi connectivity index (χ1) is 9.13. The van der Waals surface area contributed by atoms with Gasteiger partial charge < -0.3 is 5.32 Å². The van der Waals surface area contributed by atoms with Crippen LogP contribution in [-0.4, -0.2) is 21.1 Å². The van der Waals surface area contributed by atoms with Crippen molar-refractivity contribution in [2.75, 3.05) is 5.32 Å². The van der Waals surface area contributed by atoms with Gasteiger partial charge in [0.25, 0.3) is 5.91 Å². The first-order valence-corrected chi connectivity index (χ1v) is 5.56. The zero-order valence-electron chi connectivity index (χ0n) is 10.1. The van der Waals surface area contributed by atoms with Crippen LogP contribution < -0.4 is 5.32 Å². The number of nitrogens with one attached hydrogen (secondary N) is 2. The number of hydrogen-bond acceptors (Lipinski definition) is 4. The van der Waals surface area contributed by atoms with Crippen LogP contribution in [0.25, 0.3) is 0 Å². The van der Waals surface area contributed by atoms with E-state index in [0.29, 0.717) is 12.2 Å². The van der Waals surface area contributed by atoms with Gasteiger partial charge in [-0.3, -0.25) is 9.89 Å². The first kappa shape index (κ1) is 12.7. The lowest BCUT2D eigenvalue weighted by atomic mass is 10.2. The molecular formula is C12H10FN5O. The molecule has 19 heavy (non-hydrogen) atoms. The number of aromatic nitrogens is 3. The Kier molecular flexibility index (Phi) is 3.52. The molecule has 0 aliphatic rings. The second kappa shape index (κ2) is 5.27. The first-order valence-electron chi connectivity index (χ1n) is 5.56. The number of aryl methyl sites for hydroxylation is 1. The van der Waals surface area contributed by atoms with Crippen LogP contribution in [0.15, 0.2) is 18.2 Å². The summed E-state index contributed by atoms with van der Waals surface area (Å²) in [5.41, 5.74) is 0.161. The van der Waals surface area contributed by atoms with Crippen molar-refractivity contribution in [2.24, 2.45) is 0 Å². The van der Waals surface area contributed by atoms with E-state index in [2.05, 4.69) is 20.5 Å². The van der Waals surface area contributed by atoms with Crippen molar-refractivity contribution in [3.8, 4) is 6.07 Å². The molecule has 1 aromatic heterocycles. The molecule has 1 aromatic carbocycles. The molecule has 1 heterocycles. The molecule has 0 fully saturated rings. The lowest BCUT2D eigenvalue weighted by Crippen LogP contribution is -2.14. The van der Waals surface area contributed by atoms with Crippen molar-refractivity contribution in [1.29, 1.82) is 5.26 Å². The zero-order valence-corrected chi connectivity index (χ0v) is 10.1. The van der Waals surface area contributed by atoms with Crippen LogP contribution in [0.2, 0.25) is 0 Å². The number of rotatable bonds is 3. The van der Waals surface area contributed by atoms with E-state index < -0.39 is 11.7 Å². The SMILES string of the molecule is CCc1nc(C(=O)Nc2ccc(C#N)cc2F)n[nH]1. The summed E-state index contributed by atoms with van der Waals surface area (Å²) in [6.07, 6.45) is 0.617. The summed E-state index contributed by atoms with van der Waals surface area (Å²) >= 11 is 0. The summed E-state index contributed by atoms with van der Waals surface area (Å²) in [5, 5.41) is 17.3. The van der Waals surface area contributed by atoms with Crippen LogP contribution in [0, 0.1) is 17.1 Å². The third kappa shape index (κ3) is 2.74. The Labute approximate surface area is 108 Å². The number of nitrogens with zero attached hydrogens (tertiary/aromatic N) is 3. The molecule has 1 amide bonds. The molecule has 2 rings (SSSR count). The molecule has 0 atom stereocenters. The molecule has 0 saturated carbocycles. The van der Waals surface area contributed by atoms with Gasteiger partial charge in [-0.1, -0.05) is 6.92 Å². The predicted molar refractivity (Wildman–Crippen MR) is 64.8 cm³/mol. The molecule has 7 heteroatoms. The van der Waals surface area contributed by atoms with Gasteiger partial charge in [0.2, 0.25) is 5.82 Å². The molecule has 0 aliphatic heterocycles. The summed E-state index contributed by atoms with van der Waals surface area (Å²) in [6.45, 7) is 1.86. The molecular weight excluding hydrogens is 249 g/mol. The fourth-order valence-corrected chi connectivity index (χ4v) is 1.42. The Morgan fingerprint density at radius 1 is 1.58 bits per heavy atom. The Balaban J connectivity index is 2.17. The summed E-state index contributed by atoms with van der Waals surface area (Å²) in [6, 6.07) is 5.58. The molecule has 0 aliphatic carbocycles. The summed E-state index contributed by atoms with van der Waals surface area (Å²) in [4.78, 5) is 15.7. The number of amides is 1. The number of carbonyl (C=O) groups is 1. The van der Waals surface area contributed by atoms with Crippen molar-refractivity contribution in [3.05, 3.63) is 41.2 Å².